The van der Waals surface area contributed by atoms with Crippen LogP contribution in [0.4, 0.5) is 0 Å². The lowest BCUT2D eigenvalue weighted by atomic mass is 9.97. The van der Waals surface area contributed by atoms with E-state index >= 15 is 0 Å². The number of dihydropyridines is 1. The molecule has 1 heteroatoms. The summed E-state index contributed by atoms with van der Waals surface area (Å²) in [5.74, 6) is 0. The Kier molecular flexibility index (Phi) is 3.20. The van der Waals surface area contributed by atoms with E-state index in [0.29, 0.717) is 0 Å². The van der Waals surface area contributed by atoms with E-state index in [1.165, 1.54) is 22.3 Å². The van der Waals surface area contributed by atoms with Gasteiger partial charge in [0.1, 0.15) is 0 Å². The maximum atomic E-state index is 3.39. The Morgan fingerprint density at radius 3 is 2.37 bits per heavy atom. The molecule has 1 nitrogen and oxygen atoms in total. The van der Waals surface area contributed by atoms with Crippen molar-refractivity contribution in [2.75, 3.05) is 0 Å². The SMILES string of the molecule is Cc1ccc(C2=CC(c3ccccc3)NC=C2)cc1. The summed E-state index contributed by atoms with van der Waals surface area (Å²) >= 11 is 0. The summed E-state index contributed by atoms with van der Waals surface area (Å²) < 4.78 is 0. The third kappa shape index (κ3) is 2.60. The zero-order valence-corrected chi connectivity index (χ0v) is 11.0. The minimum Gasteiger partial charge on any atom is -0.381 e. The highest BCUT2D eigenvalue weighted by Crippen LogP contribution is 2.25. The van der Waals surface area contributed by atoms with Gasteiger partial charge in [-0.3, -0.25) is 0 Å². The van der Waals surface area contributed by atoms with Gasteiger partial charge in [-0.05, 0) is 42.0 Å². The number of allylic oxidation sites excluding steroid dienone is 2. The van der Waals surface area contributed by atoms with Crippen molar-refractivity contribution in [1.29, 1.82) is 0 Å². The van der Waals surface area contributed by atoms with Crippen molar-refractivity contribution in [3.05, 3.63) is 89.6 Å². The van der Waals surface area contributed by atoms with Crippen molar-refractivity contribution in [1.82, 2.24) is 5.32 Å². The Morgan fingerprint density at radius 2 is 1.63 bits per heavy atom. The Morgan fingerprint density at radius 1 is 0.895 bits per heavy atom. The zero-order chi connectivity index (χ0) is 13.1. The third-order valence-electron chi connectivity index (χ3n) is 3.43. The second-order valence-corrected chi connectivity index (χ2v) is 4.88. The molecule has 0 saturated carbocycles. The van der Waals surface area contributed by atoms with Gasteiger partial charge in [-0.15, -0.1) is 0 Å². The maximum Gasteiger partial charge on any atom is 0.0701 e. The molecule has 2 aromatic rings. The second-order valence-electron chi connectivity index (χ2n) is 4.88. The summed E-state index contributed by atoms with van der Waals surface area (Å²) in [5.41, 5.74) is 5.12. The molecule has 19 heavy (non-hydrogen) atoms. The molecule has 0 aromatic heterocycles. The Balaban J connectivity index is 1.92. The Bertz CT molecular complexity index is 606. The smallest absolute Gasteiger partial charge is 0.0701 e. The van der Waals surface area contributed by atoms with E-state index in [0.717, 1.165) is 0 Å². The molecule has 0 radical (unpaired) electrons. The van der Waals surface area contributed by atoms with Gasteiger partial charge in [0.2, 0.25) is 0 Å². The number of hydrogen-bond donors (Lipinski definition) is 1. The molecule has 1 N–H and O–H groups in total. The lowest BCUT2D eigenvalue weighted by Gasteiger charge is -2.19. The van der Waals surface area contributed by atoms with Gasteiger partial charge >= 0.3 is 0 Å². The molecular formula is C18H17N. The number of hydrogen-bond acceptors (Lipinski definition) is 1. The van der Waals surface area contributed by atoms with Crippen molar-refractivity contribution < 1.29 is 0 Å². The molecule has 0 bridgehead atoms. The first-order valence-electron chi connectivity index (χ1n) is 6.59. The summed E-state index contributed by atoms with van der Waals surface area (Å²) in [5, 5.41) is 3.39. The van der Waals surface area contributed by atoms with Gasteiger partial charge in [0.15, 0.2) is 0 Å². The van der Waals surface area contributed by atoms with Crippen LogP contribution >= 0.6 is 0 Å². The molecule has 1 aliphatic heterocycles. The largest absolute Gasteiger partial charge is 0.381 e. The molecule has 2 aromatic carbocycles. The summed E-state index contributed by atoms with van der Waals surface area (Å²) in [6.45, 7) is 2.11. The molecule has 0 spiro atoms. The normalized spacial score (nSPS) is 17.7. The fraction of sp³-hybridized carbons (Fsp3) is 0.111. The monoisotopic (exact) mass is 247 g/mol. The van der Waals surface area contributed by atoms with Crippen molar-refractivity contribution in [2.45, 2.75) is 13.0 Å². The molecule has 0 amide bonds. The van der Waals surface area contributed by atoms with Crippen molar-refractivity contribution in [3.63, 3.8) is 0 Å². The van der Waals surface area contributed by atoms with Crippen LogP contribution in [0.5, 0.6) is 0 Å². The van der Waals surface area contributed by atoms with Gasteiger partial charge in [-0.1, -0.05) is 60.2 Å². The first-order valence-corrected chi connectivity index (χ1v) is 6.59. The lowest BCUT2D eigenvalue weighted by Crippen LogP contribution is -2.16. The van der Waals surface area contributed by atoms with Gasteiger partial charge in [-0.2, -0.15) is 0 Å². The average Bonchev–Trinajstić information content (AvgIpc) is 2.49. The molecule has 1 aliphatic rings. The molecule has 1 unspecified atom stereocenters. The highest BCUT2D eigenvalue weighted by atomic mass is 14.9. The van der Waals surface area contributed by atoms with E-state index in [4.69, 9.17) is 0 Å². The number of rotatable bonds is 2. The standard InChI is InChI=1S/C18H17N/c1-14-7-9-15(10-8-14)17-11-12-19-18(13-17)16-5-3-2-4-6-16/h2-13,18-19H,1H3. The highest BCUT2D eigenvalue weighted by Gasteiger charge is 2.11. The predicted molar refractivity (Wildman–Crippen MR) is 80.6 cm³/mol. The summed E-state index contributed by atoms with van der Waals surface area (Å²) in [6.07, 6.45) is 6.44. The molecule has 0 fully saturated rings. The van der Waals surface area contributed by atoms with E-state index in [9.17, 15) is 0 Å². The van der Waals surface area contributed by atoms with E-state index in [-0.39, 0.29) is 6.04 Å². The third-order valence-corrected chi connectivity index (χ3v) is 3.43. The first kappa shape index (κ1) is 11.8. The fourth-order valence-corrected chi connectivity index (χ4v) is 2.32. The predicted octanol–water partition coefficient (Wildman–Crippen LogP) is 4.24. The van der Waals surface area contributed by atoms with Gasteiger partial charge in [0.25, 0.3) is 0 Å². The van der Waals surface area contributed by atoms with Crippen LogP contribution in [-0.4, -0.2) is 0 Å². The zero-order valence-electron chi connectivity index (χ0n) is 11.0. The van der Waals surface area contributed by atoms with E-state index in [2.05, 4.69) is 72.9 Å². The van der Waals surface area contributed by atoms with Crippen LogP contribution in [0.25, 0.3) is 5.57 Å². The van der Waals surface area contributed by atoms with Crippen molar-refractivity contribution >= 4 is 5.57 Å². The van der Waals surface area contributed by atoms with Gasteiger partial charge in [0, 0.05) is 0 Å². The van der Waals surface area contributed by atoms with Crippen molar-refractivity contribution in [3.8, 4) is 0 Å². The molecule has 3 rings (SSSR count). The van der Waals surface area contributed by atoms with Crippen LogP contribution in [0.15, 0.2) is 72.9 Å². The van der Waals surface area contributed by atoms with Crippen LogP contribution in [0.1, 0.15) is 22.7 Å². The maximum absolute atomic E-state index is 3.39. The van der Waals surface area contributed by atoms with Crippen LogP contribution in [0.2, 0.25) is 0 Å². The highest BCUT2D eigenvalue weighted by molar-refractivity contribution is 5.75. The van der Waals surface area contributed by atoms with E-state index < -0.39 is 0 Å². The number of aryl methyl sites for hydroxylation is 1. The van der Waals surface area contributed by atoms with Gasteiger partial charge in [-0.25, -0.2) is 0 Å². The molecule has 94 valence electrons. The molecular weight excluding hydrogens is 230 g/mol. The molecule has 1 heterocycles. The topological polar surface area (TPSA) is 12.0 Å². The average molecular weight is 247 g/mol. The quantitative estimate of drug-likeness (QED) is 0.837. The van der Waals surface area contributed by atoms with E-state index in [1.54, 1.807) is 0 Å². The van der Waals surface area contributed by atoms with Crippen molar-refractivity contribution in [2.24, 2.45) is 0 Å². The number of nitrogens with one attached hydrogen (secondary N) is 1. The van der Waals surface area contributed by atoms with Crippen LogP contribution in [0, 0.1) is 6.92 Å². The minimum atomic E-state index is 0.252. The second kappa shape index (κ2) is 5.15. The fourth-order valence-electron chi connectivity index (χ4n) is 2.32. The van der Waals surface area contributed by atoms with Crippen LogP contribution in [-0.2, 0) is 0 Å². The lowest BCUT2D eigenvalue weighted by molar-refractivity contribution is 0.749. The summed E-state index contributed by atoms with van der Waals surface area (Å²) in [4.78, 5) is 0. The summed E-state index contributed by atoms with van der Waals surface area (Å²) in [6, 6.07) is 19.4. The van der Waals surface area contributed by atoms with Gasteiger partial charge < -0.3 is 5.32 Å². The molecule has 0 aliphatic carbocycles. The van der Waals surface area contributed by atoms with Gasteiger partial charge in [0.05, 0.1) is 6.04 Å². The van der Waals surface area contributed by atoms with Crippen LogP contribution in [0.3, 0.4) is 0 Å². The first-order chi connectivity index (χ1) is 9.33. The van der Waals surface area contributed by atoms with Crippen LogP contribution < -0.4 is 5.32 Å². The minimum absolute atomic E-state index is 0.252. The Labute approximate surface area is 114 Å². The summed E-state index contributed by atoms with van der Waals surface area (Å²) in [7, 11) is 0. The molecule has 0 saturated heterocycles. The van der Waals surface area contributed by atoms with E-state index in [1.807, 2.05) is 12.3 Å². The molecule has 1 atom stereocenters. The Hall–Kier alpha value is -2.28. The number of benzene rings is 2.